The second-order valence-corrected chi connectivity index (χ2v) is 2.03. The van der Waals surface area contributed by atoms with E-state index >= 15 is 0 Å². The van der Waals surface area contributed by atoms with Crippen molar-refractivity contribution >= 4 is 12.1 Å². The standard InChI is InChI=1S/C7H13NO/c1-4-6(3)7(9)8-5-2/h5-6H,4H2,1-3H3. The summed E-state index contributed by atoms with van der Waals surface area (Å²) >= 11 is 0. The number of amides is 1. The van der Waals surface area contributed by atoms with Gasteiger partial charge in [-0.1, -0.05) is 13.8 Å². The minimum Gasteiger partial charge on any atom is -0.272 e. The lowest BCUT2D eigenvalue weighted by atomic mass is 10.1. The van der Waals surface area contributed by atoms with Gasteiger partial charge in [0.1, 0.15) is 0 Å². The highest BCUT2D eigenvalue weighted by molar-refractivity contribution is 5.85. The maximum atomic E-state index is 10.8. The molecule has 0 aliphatic heterocycles. The average molecular weight is 127 g/mol. The highest BCUT2D eigenvalue weighted by Gasteiger charge is 2.06. The van der Waals surface area contributed by atoms with Crippen LogP contribution in [-0.2, 0) is 4.79 Å². The SMILES string of the molecule is CC=NC(=O)C(C)CC. The highest BCUT2D eigenvalue weighted by atomic mass is 16.1. The van der Waals surface area contributed by atoms with Crippen molar-refractivity contribution in [3.8, 4) is 0 Å². The molecule has 0 radical (unpaired) electrons. The summed E-state index contributed by atoms with van der Waals surface area (Å²) in [7, 11) is 0. The van der Waals surface area contributed by atoms with Gasteiger partial charge in [-0.25, -0.2) is 4.99 Å². The Kier molecular flexibility index (Phi) is 3.93. The van der Waals surface area contributed by atoms with E-state index in [9.17, 15) is 4.79 Å². The molecule has 0 aromatic rings. The van der Waals surface area contributed by atoms with Gasteiger partial charge in [0, 0.05) is 12.1 Å². The van der Waals surface area contributed by atoms with Crippen LogP contribution in [0.1, 0.15) is 27.2 Å². The quantitative estimate of drug-likeness (QED) is 0.518. The zero-order valence-electron chi connectivity index (χ0n) is 6.22. The second-order valence-electron chi connectivity index (χ2n) is 2.03. The lowest BCUT2D eigenvalue weighted by molar-refractivity contribution is -0.121. The molecule has 0 saturated heterocycles. The lowest BCUT2D eigenvalue weighted by Gasteiger charge is -1.99. The molecule has 52 valence electrons. The molecular formula is C7H13NO. The summed E-state index contributed by atoms with van der Waals surface area (Å²) in [6.07, 6.45) is 2.41. The molecule has 2 nitrogen and oxygen atoms in total. The third-order valence-corrected chi connectivity index (χ3v) is 1.29. The largest absolute Gasteiger partial charge is 0.272 e. The Hall–Kier alpha value is -0.660. The van der Waals surface area contributed by atoms with Crippen LogP contribution in [0.15, 0.2) is 4.99 Å². The first-order chi connectivity index (χ1) is 4.22. The smallest absolute Gasteiger partial charge is 0.248 e. The summed E-state index contributed by atoms with van der Waals surface area (Å²) in [5.74, 6) is 0.0706. The van der Waals surface area contributed by atoms with Crippen LogP contribution in [0.2, 0.25) is 0 Å². The third-order valence-electron chi connectivity index (χ3n) is 1.29. The molecule has 1 unspecified atom stereocenters. The third kappa shape index (κ3) is 3.01. The molecule has 0 aromatic heterocycles. The van der Waals surface area contributed by atoms with E-state index in [0.29, 0.717) is 0 Å². The Morgan fingerprint density at radius 2 is 2.33 bits per heavy atom. The van der Waals surface area contributed by atoms with Gasteiger partial charge in [0.15, 0.2) is 0 Å². The fourth-order valence-corrected chi connectivity index (χ4v) is 0.429. The molecule has 0 fully saturated rings. The molecule has 2 heteroatoms. The monoisotopic (exact) mass is 127 g/mol. The Bertz CT molecular complexity index is 118. The van der Waals surface area contributed by atoms with Gasteiger partial charge in [-0.05, 0) is 13.3 Å². The molecule has 0 saturated carbocycles. The topological polar surface area (TPSA) is 29.4 Å². The van der Waals surface area contributed by atoms with Crippen molar-refractivity contribution in [3.63, 3.8) is 0 Å². The van der Waals surface area contributed by atoms with Crippen LogP contribution in [0.25, 0.3) is 0 Å². The maximum Gasteiger partial charge on any atom is 0.248 e. The summed E-state index contributed by atoms with van der Waals surface area (Å²) in [6, 6.07) is 0. The van der Waals surface area contributed by atoms with Gasteiger partial charge in [-0.2, -0.15) is 0 Å². The van der Waals surface area contributed by atoms with Crippen molar-refractivity contribution in [2.75, 3.05) is 0 Å². The summed E-state index contributed by atoms with van der Waals surface area (Å²) in [5.41, 5.74) is 0. The summed E-state index contributed by atoms with van der Waals surface area (Å²) in [5, 5.41) is 0. The van der Waals surface area contributed by atoms with Crippen LogP contribution in [0.3, 0.4) is 0 Å². The van der Waals surface area contributed by atoms with Crippen molar-refractivity contribution in [1.29, 1.82) is 0 Å². The van der Waals surface area contributed by atoms with Crippen molar-refractivity contribution in [2.24, 2.45) is 10.9 Å². The van der Waals surface area contributed by atoms with Crippen LogP contribution >= 0.6 is 0 Å². The van der Waals surface area contributed by atoms with Crippen molar-refractivity contribution in [2.45, 2.75) is 27.2 Å². The molecule has 1 atom stereocenters. The number of aliphatic imine (C=N–C) groups is 1. The Balaban J connectivity index is 3.73. The second kappa shape index (κ2) is 4.24. The van der Waals surface area contributed by atoms with Gasteiger partial charge < -0.3 is 0 Å². The summed E-state index contributed by atoms with van der Waals surface area (Å²) < 4.78 is 0. The van der Waals surface area contributed by atoms with E-state index in [4.69, 9.17) is 0 Å². The Morgan fingerprint density at radius 1 is 1.78 bits per heavy atom. The maximum absolute atomic E-state index is 10.8. The van der Waals surface area contributed by atoms with Gasteiger partial charge in [-0.15, -0.1) is 0 Å². The molecule has 0 spiro atoms. The number of carbonyl (C=O) groups excluding carboxylic acids is 1. The first kappa shape index (κ1) is 8.34. The van der Waals surface area contributed by atoms with Gasteiger partial charge in [0.05, 0.1) is 0 Å². The van der Waals surface area contributed by atoms with E-state index in [1.165, 1.54) is 6.21 Å². The molecular weight excluding hydrogens is 114 g/mol. The minimum atomic E-state index is -0.0139. The van der Waals surface area contributed by atoms with E-state index in [-0.39, 0.29) is 11.8 Å². The number of rotatable bonds is 2. The van der Waals surface area contributed by atoms with Crippen LogP contribution < -0.4 is 0 Å². The fourth-order valence-electron chi connectivity index (χ4n) is 0.429. The number of hydrogen-bond donors (Lipinski definition) is 0. The summed E-state index contributed by atoms with van der Waals surface area (Å²) in [6.45, 7) is 5.61. The van der Waals surface area contributed by atoms with Gasteiger partial charge in [0.25, 0.3) is 0 Å². The molecule has 1 amide bonds. The molecule has 0 bridgehead atoms. The first-order valence-electron chi connectivity index (χ1n) is 3.24. The Labute approximate surface area is 56.0 Å². The van der Waals surface area contributed by atoms with Crippen LogP contribution in [0.4, 0.5) is 0 Å². The van der Waals surface area contributed by atoms with Gasteiger partial charge in [-0.3, -0.25) is 4.79 Å². The van der Waals surface area contributed by atoms with E-state index in [2.05, 4.69) is 4.99 Å². The predicted molar refractivity (Wildman–Crippen MR) is 38.6 cm³/mol. The van der Waals surface area contributed by atoms with Crippen molar-refractivity contribution < 1.29 is 4.79 Å². The summed E-state index contributed by atoms with van der Waals surface area (Å²) in [4.78, 5) is 14.4. The van der Waals surface area contributed by atoms with Crippen LogP contribution in [0, 0.1) is 5.92 Å². The zero-order chi connectivity index (χ0) is 7.28. The first-order valence-corrected chi connectivity index (χ1v) is 3.24. The molecule has 0 aliphatic carbocycles. The van der Waals surface area contributed by atoms with Crippen molar-refractivity contribution in [3.05, 3.63) is 0 Å². The lowest BCUT2D eigenvalue weighted by Crippen LogP contribution is -2.05. The number of nitrogens with zero attached hydrogens (tertiary/aromatic N) is 1. The molecule has 9 heavy (non-hydrogen) atoms. The normalized spacial score (nSPS) is 14.1. The van der Waals surface area contributed by atoms with E-state index in [0.717, 1.165) is 6.42 Å². The van der Waals surface area contributed by atoms with E-state index in [1.807, 2.05) is 13.8 Å². The van der Waals surface area contributed by atoms with Crippen LogP contribution in [-0.4, -0.2) is 12.1 Å². The molecule has 0 aromatic carbocycles. The molecule has 0 heterocycles. The highest BCUT2D eigenvalue weighted by Crippen LogP contribution is 2.01. The molecule has 0 N–H and O–H groups in total. The number of carbonyl (C=O) groups is 1. The van der Waals surface area contributed by atoms with Gasteiger partial charge in [0.2, 0.25) is 5.91 Å². The van der Waals surface area contributed by atoms with E-state index < -0.39 is 0 Å². The number of hydrogen-bond acceptors (Lipinski definition) is 1. The van der Waals surface area contributed by atoms with E-state index in [1.54, 1.807) is 6.92 Å². The fraction of sp³-hybridized carbons (Fsp3) is 0.714. The Morgan fingerprint density at radius 3 is 2.67 bits per heavy atom. The van der Waals surface area contributed by atoms with Crippen LogP contribution in [0.5, 0.6) is 0 Å². The minimum absolute atomic E-state index is 0.0139. The zero-order valence-corrected chi connectivity index (χ0v) is 6.22. The molecule has 0 aliphatic rings. The molecule has 0 rings (SSSR count). The van der Waals surface area contributed by atoms with Gasteiger partial charge >= 0.3 is 0 Å². The predicted octanol–water partition coefficient (Wildman–Crippen LogP) is 1.65. The average Bonchev–Trinajstić information content (AvgIpc) is 1.87. The van der Waals surface area contributed by atoms with Crippen molar-refractivity contribution in [1.82, 2.24) is 0 Å².